The Morgan fingerprint density at radius 3 is 2.46 bits per heavy atom. The minimum atomic E-state index is -3.77. The molecule has 0 amide bonds. The van der Waals surface area contributed by atoms with Crippen molar-refractivity contribution in [2.75, 3.05) is 18.4 Å². The van der Waals surface area contributed by atoms with Crippen LogP contribution in [0.2, 0.25) is 0 Å². The standard InChI is InChI=1S/C17H22N4O4S/c1-4-20(5-2)26(24,25)14-9-10-16(17(12-14)21(22)23)19-13(3)15-8-6-7-11-18-15/h6-13,19H,4-5H2,1-3H3/t13-/m1/s1. The van der Waals surface area contributed by atoms with Gasteiger partial charge in [0.15, 0.2) is 0 Å². The third-order valence-corrected chi connectivity index (χ3v) is 6.06. The first-order valence-corrected chi connectivity index (χ1v) is 9.71. The number of anilines is 1. The molecule has 0 fully saturated rings. The van der Waals surface area contributed by atoms with Crippen LogP contribution >= 0.6 is 0 Å². The fraction of sp³-hybridized carbons (Fsp3) is 0.353. The largest absolute Gasteiger partial charge is 0.371 e. The summed E-state index contributed by atoms with van der Waals surface area (Å²) in [6.07, 6.45) is 1.64. The third-order valence-electron chi connectivity index (χ3n) is 4.01. The second kappa shape index (κ2) is 8.24. The first-order valence-electron chi connectivity index (χ1n) is 8.27. The second-order valence-electron chi connectivity index (χ2n) is 5.65. The molecule has 140 valence electrons. The lowest BCUT2D eigenvalue weighted by Crippen LogP contribution is -2.30. The van der Waals surface area contributed by atoms with Gasteiger partial charge in [-0.3, -0.25) is 15.1 Å². The first-order chi connectivity index (χ1) is 12.3. The zero-order valence-corrected chi connectivity index (χ0v) is 15.7. The van der Waals surface area contributed by atoms with Crippen molar-refractivity contribution in [1.29, 1.82) is 0 Å². The number of rotatable bonds is 8. The van der Waals surface area contributed by atoms with Gasteiger partial charge < -0.3 is 5.32 Å². The van der Waals surface area contributed by atoms with Crippen molar-refractivity contribution in [3.8, 4) is 0 Å². The van der Waals surface area contributed by atoms with E-state index in [1.807, 2.05) is 19.1 Å². The molecule has 0 saturated carbocycles. The van der Waals surface area contributed by atoms with Crippen LogP contribution in [0.5, 0.6) is 0 Å². The Labute approximate surface area is 153 Å². The highest BCUT2D eigenvalue weighted by Crippen LogP contribution is 2.31. The average molecular weight is 378 g/mol. The van der Waals surface area contributed by atoms with Crippen molar-refractivity contribution < 1.29 is 13.3 Å². The highest BCUT2D eigenvalue weighted by Gasteiger charge is 2.26. The Morgan fingerprint density at radius 1 is 1.23 bits per heavy atom. The number of nitrogens with one attached hydrogen (secondary N) is 1. The summed E-state index contributed by atoms with van der Waals surface area (Å²) in [5.41, 5.74) is 0.675. The van der Waals surface area contributed by atoms with Crippen molar-refractivity contribution in [1.82, 2.24) is 9.29 Å². The van der Waals surface area contributed by atoms with E-state index in [1.54, 1.807) is 26.1 Å². The molecule has 26 heavy (non-hydrogen) atoms. The lowest BCUT2D eigenvalue weighted by atomic mass is 10.2. The first kappa shape index (κ1) is 19.8. The molecule has 1 N–H and O–H groups in total. The van der Waals surface area contributed by atoms with Gasteiger partial charge in [-0.25, -0.2) is 8.42 Å². The molecule has 9 heteroatoms. The summed E-state index contributed by atoms with van der Waals surface area (Å²) >= 11 is 0. The maximum Gasteiger partial charge on any atom is 0.293 e. The quantitative estimate of drug-likeness (QED) is 0.558. The molecule has 0 bridgehead atoms. The Bertz CT molecular complexity index is 868. The predicted octanol–water partition coefficient (Wildman–Crippen LogP) is 3.19. The van der Waals surface area contributed by atoms with Crippen LogP contribution in [-0.4, -0.2) is 35.7 Å². The number of hydrogen-bond acceptors (Lipinski definition) is 6. The molecule has 1 atom stereocenters. The highest BCUT2D eigenvalue weighted by molar-refractivity contribution is 7.89. The SMILES string of the molecule is CCN(CC)S(=O)(=O)c1ccc(N[C@H](C)c2ccccn2)c([N+](=O)[O-])c1. The number of benzene rings is 1. The molecule has 0 spiro atoms. The molecule has 0 saturated heterocycles. The van der Waals surface area contributed by atoms with Crippen LogP contribution in [0.15, 0.2) is 47.5 Å². The molecular formula is C17H22N4O4S. The van der Waals surface area contributed by atoms with Crippen LogP contribution in [0.3, 0.4) is 0 Å². The summed E-state index contributed by atoms with van der Waals surface area (Å²) in [6.45, 7) is 5.86. The molecule has 0 aliphatic rings. The third kappa shape index (κ3) is 4.17. The topological polar surface area (TPSA) is 105 Å². The van der Waals surface area contributed by atoms with Gasteiger partial charge in [-0.05, 0) is 31.2 Å². The predicted molar refractivity (Wildman–Crippen MR) is 99.5 cm³/mol. The smallest absolute Gasteiger partial charge is 0.293 e. The summed E-state index contributed by atoms with van der Waals surface area (Å²) in [4.78, 5) is 15.0. The molecule has 1 heterocycles. The van der Waals surface area contributed by atoms with Gasteiger partial charge in [-0.2, -0.15) is 4.31 Å². The number of hydrogen-bond donors (Lipinski definition) is 1. The van der Waals surface area contributed by atoms with Gasteiger partial charge in [0.05, 0.1) is 21.6 Å². The van der Waals surface area contributed by atoms with Crippen molar-refractivity contribution in [3.05, 3.63) is 58.4 Å². The van der Waals surface area contributed by atoms with Crippen molar-refractivity contribution >= 4 is 21.4 Å². The normalized spacial score (nSPS) is 12.8. The van der Waals surface area contributed by atoms with E-state index in [4.69, 9.17) is 0 Å². The molecule has 0 radical (unpaired) electrons. The van der Waals surface area contributed by atoms with Crippen molar-refractivity contribution in [3.63, 3.8) is 0 Å². The van der Waals surface area contributed by atoms with E-state index >= 15 is 0 Å². The maximum atomic E-state index is 12.6. The van der Waals surface area contributed by atoms with E-state index < -0.39 is 14.9 Å². The van der Waals surface area contributed by atoms with Gasteiger partial charge in [0.1, 0.15) is 5.69 Å². The minimum Gasteiger partial charge on any atom is -0.371 e. The molecule has 2 rings (SSSR count). The van der Waals surface area contributed by atoms with Gasteiger partial charge in [0, 0.05) is 25.4 Å². The van der Waals surface area contributed by atoms with E-state index in [9.17, 15) is 18.5 Å². The van der Waals surface area contributed by atoms with Crippen LogP contribution < -0.4 is 5.32 Å². The van der Waals surface area contributed by atoms with Gasteiger partial charge in [-0.1, -0.05) is 19.9 Å². The summed E-state index contributed by atoms with van der Waals surface area (Å²) in [5, 5.41) is 14.5. The number of nitrogens with zero attached hydrogens (tertiary/aromatic N) is 3. The Kier molecular flexibility index (Phi) is 6.27. The zero-order chi connectivity index (χ0) is 19.3. The van der Waals surface area contributed by atoms with Crippen molar-refractivity contribution in [2.24, 2.45) is 0 Å². The van der Waals surface area contributed by atoms with Gasteiger partial charge in [-0.15, -0.1) is 0 Å². The fourth-order valence-electron chi connectivity index (χ4n) is 2.60. The van der Waals surface area contributed by atoms with Crippen LogP contribution in [0.1, 0.15) is 32.5 Å². The van der Waals surface area contributed by atoms with Crippen LogP contribution in [0.25, 0.3) is 0 Å². The average Bonchev–Trinajstić information content (AvgIpc) is 2.63. The lowest BCUT2D eigenvalue weighted by molar-refractivity contribution is -0.384. The van der Waals surface area contributed by atoms with E-state index in [1.165, 1.54) is 16.4 Å². The van der Waals surface area contributed by atoms with Crippen LogP contribution in [0.4, 0.5) is 11.4 Å². The minimum absolute atomic E-state index is 0.0936. The maximum absolute atomic E-state index is 12.6. The number of aromatic nitrogens is 1. The molecule has 1 aromatic carbocycles. The monoisotopic (exact) mass is 378 g/mol. The molecule has 8 nitrogen and oxygen atoms in total. The molecule has 0 aliphatic heterocycles. The Morgan fingerprint density at radius 2 is 1.92 bits per heavy atom. The van der Waals surface area contributed by atoms with E-state index in [-0.39, 0.29) is 22.3 Å². The molecule has 0 unspecified atom stereocenters. The summed E-state index contributed by atoms with van der Waals surface area (Å²) in [7, 11) is -3.77. The highest BCUT2D eigenvalue weighted by atomic mass is 32.2. The van der Waals surface area contributed by atoms with E-state index in [0.717, 1.165) is 11.8 Å². The number of pyridine rings is 1. The van der Waals surface area contributed by atoms with Gasteiger partial charge in [0.2, 0.25) is 10.0 Å². The lowest BCUT2D eigenvalue weighted by Gasteiger charge is -2.19. The van der Waals surface area contributed by atoms with Crippen LogP contribution in [0, 0.1) is 10.1 Å². The van der Waals surface area contributed by atoms with E-state index in [0.29, 0.717) is 13.1 Å². The summed E-state index contributed by atoms with van der Waals surface area (Å²) in [5.74, 6) is 0. The number of nitro groups is 1. The Balaban J connectivity index is 2.40. The molecule has 1 aromatic heterocycles. The second-order valence-corrected chi connectivity index (χ2v) is 7.58. The van der Waals surface area contributed by atoms with Gasteiger partial charge >= 0.3 is 0 Å². The number of sulfonamides is 1. The van der Waals surface area contributed by atoms with Crippen LogP contribution in [-0.2, 0) is 10.0 Å². The zero-order valence-electron chi connectivity index (χ0n) is 14.9. The van der Waals surface area contributed by atoms with E-state index in [2.05, 4.69) is 10.3 Å². The van der Waals surface area contributed by atoms with Crippen molar-refractivity contribution in [2.45, 2.75) is 31.7 Å². The Hall–Kier alpha value is -2.52. The molecule has 2 aromatic rings. The summed E-state index contributed by atoms with van der Waals surface area (Å²) in [6, 6.07) is 9.05. The fourth-order valence-corrected chi connectivity index (χ4v) is 4.08. The summed E-state index contributed by atoms with van der Waals surface area (Å²) < 4.78 is 26.5. The molecular weight excluding hydrogens is 356 g/mol. The molecule has 0 aliphatic carbocycles. The van der Waals surface area contributed by atoms with Gasteiger partial charge in [0.25, 0.3) is 5.69 Å². The number of nitro benzene ring substituents is 1.